The van der Waals surface area contributed by atoms with Crippen molar-refractivity contribution in [3.8, 4) is 11.1 Å². The molecule has 2 fully saturated rings. The highest BCUT2D eigenvalue weighted by molar-refractivity contribution is 5.83. The summed E-state index contributed by atoms with van der Waals surface area (Å²) in [6, 6.07) is 6.04. The van der Waals surface area contributed by atoms with Crippen LogP contribution in [0.4, 0.5) is 10.3 Å². The number of hydrogen-bond donors (Lipinski definition) is 3. The molecule has 8 heteroatoms. The quantitative estimate of drug-likeness (QED) is 0.762. The maximum absolute atomic E-state index is 14.4. The van der Waals surface area contributed by atoms with Gasteiger partial charge in [-0.2, -0.15) is 0 Å². The first-order valence-electron chi connectivity index (χ1n) is 9.31. The highest BCUT2D eigenvalue weighted by Gasteiger charge is 2.35. The number of piperidine rings is 1. The highest BCUT2D eigenvalue weighted by atomic mass is 19.1. The van der Waals surface area contributed by atoms with Crippen LogP contribution in [-0.4, -0.2) is 39.9 Å². The number of hydrazine groups is 1. The standard InChI is InChI=1S/C19H23FN6O/c20-14-6-2-1-5-12(14)13-11-22-19(21)24-17(13)16-7-3-4-10-26(16)18(27)15-8-9-23-25-15/h1-2,5-6,11,15-16,23,25H,3-4,7-10H2,(H2,21,22,24). The predicted molar refractivity (Wildman–Crippen MR) is 99.7 cm³/mol. The second kappa shape index (κ2) is 7.58. The molecule has 4 N–H and O–H groups in total. The highest BCUT2D eigenvalue weighted by Crippen LogP contribution is 2.37. The minimum atomic E-state index is -0.345. The number of amides is 1. The first-order chi connectivity index (χ1) is 13.1. The molecule has 142 valence electrons. The molecule has 0 spiro atoms. The van der Waals surface area contributed by atoms with Gasteiger partial charge in [0.15, 0.2) is 0 Å². The summed E-state index contributed by atoms with van der Waals surface area (Å²) in [6.07, 6.45) is 4.99. The molecule has 1 amide bonds. The van der Waals surface area contributed by atoms with Crippen LogP contribution in [0.5, 0.6) is 0 Å². The van der Waals surface area contributed by atoms with Crippen LogP contribution in [0.3, 0.4) is 0 Å². The van der Waals surface area contributed by atoms with Gasteiger partial charge in [-0.3, -0.25) is 10.2 Å². The van der Waals surface area contributed by atoms with Gasteiger partial charge in [0.25, 0.3) is 0 Å². The second-order valence-corrected chi connectivity index (χ2v) is 6.96. The third kappa shape index (κ3) is 3.50. The average molecular weight is 370 g/mol. The smallest absolute Gasteiger partial charge is 0.241 e. The maximum Gasteiger partial charge on any atom is 0.241 e. The largest absolute Gasteiger partial charge is 0.368 e. The number of nitrogen functional groups attached to an aromatic ring is 1. The SMILES string of the molecule is Nc1ncc(-c2ccccc2F)c(C2CCCCN2C(=O)C2CCNN2)n1. The number of anilines is 1. The number of rotatable bonds is 3. The molecule has 2 aliphatic heterocycles. The average Bonchev–Trinajstić information content (AvgIpc) is 3.23. The Kier molecular flexibility index (Phi) is 5.00. The van der Waals surface area contributed by atoms with Crippen LogP contribution in [0.25, 0.3) is 11.1 Å². The van der Waals surface area contributed by atoms with E-state index < -0.39 is 0 Å². The van der Waals surface area contributed by atoms with E-state index in [4.69, 9.17) is 5.73 Å². The van der Waals surface area contributed by atoms with Crippen LogP contribution >= 0.6 is 0 Å². The van der Waals surface area contributed by atoms with Crippen LogP contribution in [0.2, 0.25) is 0 Å². The summed E-state index contributed by atoms with van der Waals surface area (Å²) in [5.74, 6) is -0.174. The summed E-state index contributed by atoms with van der Waals surface area (Å²) in [4.78, 5) is 23.4. The van der Waals surface area contributed by atoms with E-state index in [1.807, 2.05) is 4.90 Å². The number of benzene rings is 1. The molecular formula is C19H23FN6O. The zero-order chi connectivity index (χ0) is 18.8. The zero-order valence-electron chi connectivity index (χ0n) is 15.0. The number of halogens is 1. The molecule has 7 nitrogen and oxygen atoms in total. The fourth-order valence-corrected chi connectivity index (χ4v) is 3.90. The molecule has 2 aliphatic rings. The lowest BCUT2D eigenvalue weighted by Gasteiger charge is -2.37. The number of carbonyl (C=O) groups excluding carboxylic acids is 1. The first-order valence-corrected chi connectivity index (χ1v) is 9.31. The summed E-state index contributed by atoms with van der Waals surface area (Å²) in [5, 5.41) is 0. The predicted octanol–water partition coefficient (Wildman–Crippen LogP) is 1.78. The van der Waals surface area contributed by atoms with Gasteiger partial charge in [0.2, 0.25) is 11.9 Å². The van der Waals surface area contributed by atoms with E-state index in [1.165, 1.54) is 6.07 Å². The number of carbonyl (C=O) groups is 1. The van der Waals surface area contributed by atoms with Gasteiger partial charge >= 0.3 is 0 Å². The Morgan fingerprint density at radius 1 is 1.22 bits per heavy atom. The minimum absolute atomic E-state index is 0.0429. The third-order valence-electron chi connectivity index (χ3n) is 5.23. The van der Waals surface area contributed by atoms with Gasteiger partial charge in [0, 0.05) is 30.4 Å². The Balaban J connectivity index is 1.75. The minimum Gasteiger partial charge on any atom is -0.368 e. The van der Waals surface area contributed by atoms with Crippen LogP contribution < -0.4 is 16.6 Å². The van der Waals surface area contributed by atoms with Crippen molar-refractivity contribution >= 4 is 11.9 Å². The van der Waals surface area contributed by atoms with Gasteiger partial charge < -0.3 is 10.6 Å². The topological polar surface area (TPSA) is 96.2 Å². The monoisotopic (exact) mass is 370 g/mol. The number of hydrogen-bond acceptors (Lipinski definition) is 6. The summed E-state index contributed by atoms with van der Waals surface area (Å²) in [7, 11) is 0. The van der Waals surface area contributed by atoms with Crippen LogP contribution in [-0.2, 0) is 4.79 Å². The summed E-state index contributed by atoms with van der Waals surface area (Å²) >= 11 is 0. The van der Waals surface area contributed by atoms with Crippen molar-refractivity contribution in [3.05, 3.63) is 42.0 Å². The van der Waals surface area contributed by atoms with E-state index in [-0.39, 0.29) is 29.8 Å². The van der Waals surface area contributed by atoms with Crippen molar-refractivity contribution in [2.45, 2.75) is 37.8 Å². The fraction of sp³-hybridized carbons (Fsp3) is 0.421. The van der Waals surface area contributed by atoms with E-state index in [0.717, 1.165) is 32.2 Å². The molecule has 2 atom stereocenters. The van der Waals surface area contributed by atoms with Crippen molar-refractivity contribution in [1.82, 2.24) is 25.7 Å². The van der Waals surface area contributed by atoms with Crippen molar-refractivity contribution in [2.24, 2.45) is 0 Å². The lowest BCUT2D eigenvalue weighted by molar-refractivity contribution is -0.137. The van der Waals surface area contributed by atoms with Gasteiger partial charge in [-0.25, -0.2) is 19.8 Å². The Bertz CT molecular complexity index is 839. The van der Waals surface area contributed by atoms with E-state index >= 15 is 0 Å². The zero-order valence-corrected chi connectivity index (χ0v) is 15.0. The molecule has 1 aromatic carbocycles. The van der Waals surface area contributed by atoms with E-state index in [2.05, 4.69) is 20.8 Å². The molecule has 0 bridgehead atoms. The van der Waals surface area contributed by atoms with Crippen molar-refractivity contribution in [2.75, 3.05) is 18.8 Å². The van der Waals surface area contributed by atoms with Crippen LogP contribution in [0.15, 0.2) is 30.5 Å². The van der Waals surface area contributed by atoms with Crippen molar-refractivity contribution in [3.63, 3.8) is 0 Å². The van der Waals surface area contributed by atoms with E-state index in [1.54, 1.807) is 24.4 Å². The molecule has 2 unspecified atom stereocenters. The van der Waals surface area contributed by atoms with Gasteiger partial charge in [-0.1, -0.05) is 18.2 Å². The van der Waals surface area contributed by atoms with Gasteiger partial charge in [-0.15, -0.1) is 0 Å². The van der Waals surface area contributed by atoms with Gasteiger partial charge in [0.1, 0.15) is 11.9 Å². The van der Waals surface area contributed by atoms with E-state index in [0.29, 0.717) is 23.4 Å². The van der Waals surface area contributed by atoms with E-state index in [9.17, 15) is 9.18 Å². The van der Waals surface area contributed by atoms with Crippen molar-refractivity contribution < 1.29 is 9.18 Å². The molecule has 1 aromatic heterocycles. The summed E-state index contributed by atoms with van der Waals surface area (Å²) in [6.45, 7) is 1.41. The Morgan fingerprint density at radius 2 is 2.07 bits per heavy atom. The normalized spacial score (nSPS) is 22.8. The van der Waals surface area contributed by atoms with Crippen molar-refractivity contribution in [1.29, 1.82) is 0 Å². The number of aromatic nitrogens is 2. The summed E-state index contributed by atoms with van der Waals surface area (Å²) in [5.41, 5.74) is 13.5. The lowest BCUT2D eigenvalue weighted by atomic mass is 9.93. The molecule has 4 rings (SSSR count). The molecule has 3 heterocycles. The second-order valence-electron chi connectivity index (χ2n) is 6.96. The maximum atomic E-state index is 14.4. The lowest BCUT2D eigenvalue weighted by Crippen LogP contribution is -2.48. The molecule has 0 aliphatic carbocycles. The Morgan fingerprint density at radius 3 is 2.85 bits per heavy atom. The Hall–Kier alpha value is -2.58. The number of nitrogens with zero attached hydrogens (tertiary/aromatic N) is 3. The first kappa shape index (κ1) is 17.8. The molecule has 27 heavy (non-hydrogen) atoms. The van der Waals surface area contributed by atoms with Crippen LogP contribution in [0, 0.1) is 5.82 Å². The van der Waals surface area contributed by atoms with Gasteiger partial charge in [-0.05, 0) is 31.7 Å². The summed E-state index contributed by atoms with van der Waals surface area (Å²) < 4.78 is 14.4. The fourth-order valence-electron chi connectivity index (χ4n) is 3.90. The number of nitrogens with two attached hydrogens (primary N) is 1. The third-order valence-corrected chi connectivity index (χ3v) is 5.23. The molecule has 2 saturated heterocycles. The molecule has 0 saturated carbocycles. The molecule has 2 aromatic rings. The number of likely N-dealkylation sites (tertiary alicyclic amines) is 1. The van der Waals surface area contributed by atoms with Crippen LogP contribution in [0.1, 0.15) is 37.4 Å². The molecular weight excluding hydrogens is 347 g/mol. The number of nitrogens with one attached hydrogen (secondary N) is 2. The van der Waals surface area contributed by atoms with Gasteiger partial charge in [0.05, 0.1) is 11.7 Å². The Labute approximate surface area is 157 Å². The molecule has 0 radical (unpaired) electrons.